The summed E-state index contributed by atoms with van der Waals surface area (Å²) in [5, 5.41) is 9.12. The third kappa shape index (κ3) is 3.31. The first kappa shape index (κ1) is 20.4. The molecule has 4 aromatic rings. The van der Waals surface area contributed by atoms with Gasteiger partial charge in [0, 0.05) is 24.5 Å². The van der Waals surface area contributed by atoms with Crippen molar-refractivity contribution in [3.8, 4) is 11.5 Å². The number of allylic oxidation sites excluding steroid dienone is 2. The van der Waals surface area contributed by atoms with Gasteiger partial charge in [0.15, 0.2) is 5.82 Å². The first-order valence-electron chi connectivity index (χ1n) is 11.5. The highest BCUT2D eigenvalue weighted by atomic mass is 15.3. The van der Waals surface area contributed by atoms with Crippen LogP contribution in [0.4, 0.5) is 0 Å². The van der Waals surface area contributed by atoms with E-state index in [9.17, 15) is 0 Å². The molecule has 0 aliphatic carbocycles. The summed E-state index contributed by atoms with van der Waals surface area (Å²) in [5.74, 6) is 1.77. The van der Waals surface area contributed by atoms with E-state index in [1.54, 1.807) is 6.20 Å². The Balaban J connectivity index is 1.51. The number of nitrogens with zero attached hydrogens (tertiary/aromatic N) is 5. The third-order valence-electron chi connectivity index (χ3n) is 6.61. The highest BCUT2D eigenvalue weighted by Gasteiger charge is 2.38. The van der Waals surface area contributed by atoms with Crippen LogP contribution >= 0.6 is 0 Å². The van der Waals surface area contributed by atoms with Crippen LogP contribution in [-0.2, 0) is 6.54 Å². The van der Waals surface area contributed by atoms with Crippen molar-refractivity contribution in [2.75, 3.05) is 0 Å². The Kier molecular flexibility index (Phi) is 5.00. The number of fused-ring (bicyclic) bond motifs is 3. The van der Waals surface area contributed by atoms with E-state index in [-0.39, 0.29) is 11.8 Å². The summed E-state index contributed by atoms with van der Waals surface area (Å²) in [4.78, 5) is 9.68. The maximum atomic E-state index is 5.83. The second-order valence-corrected chi connectivity index (χ2v) is 8.61. The van der Waals surface area contributed by atoms with E-state index in [0.29, 0.717) is 6.54 Å². The van der Waals surface area contributed by atoms with Crippen molar-refractivity contribution >= 4 is 23.2 Å². The molecule has 4 heterocycles. The molecular formula is C28H24N6. The van der Waals surface area contributed by atoms with Crippen LogP contribution in [0, 0.1) is 5.92 Å². The Labute approximate surface area is 198 Å². The molecule has 6 rings (SSSR count). The van der Waals surface area contributed by atoms with Gasteiger partial charge in [-0.1, -0.05) is 67.6 Å². The van der Waals surface area contributed by atoms with E-state index < -0.39 is 0 Å². The number of benzene rings is 2. The van der Waals surface area contributed by atoms with Crippen molar-refractivity contribution in [2.45, 2.75) is 19.4 Å². The van der Waals surface area contributed by atoms with Gasteiger partial charge in [0.05, 0.1) is 17.3 Å². The van der Waals surface area contributed by atoms with Crippen LogP contribution in [0.25, 0.3) is 29.0 Å². The van der Waals surface area contributed by atoms with E-state index in [1.807, 2.05) is 35.0 Å². The quantitative estimate of drug-likeness (QED) is 0.479. The molecule has 0 radical (unpaired) electrons. The zero-order valence-electron chi connectivity index (χ0n) is 18.8. The summed E-state index contributed by atoms with van der Waals surface area (Å²) < 4.78 is 2.05. The van der Waals surface area contributed by atoms with E-state index in [2.05, 4.69) is 76.7 Å². The third-order valence-corrected chi connectivity index (χ3v) is 6.61. The van der Waals surface area contributed by atoms with Crippen molar-refractivity contribution in [1.29, 1.82) is 0 Å². The van der Waals surface area contributed by atoms with Crippen LogP contribution in [0.5, 0.6) is 0 Å². The number of rotatable bonds is 4. The Hall–Kier alpha value is -4.16. The summed E-state index contributed by atoms with van der Waals surface area (Å²) in [5.41, 5.74) is 13.2. The van der Waals surface area contributed by atoms with Crippen molar-refractivity contribution in [2.24, 2.45) is 16.6 Å². The molecule has 2 aromatic heterocycles. The number of hydrogen-bond donors (Lipinski definition) is 1. The van der Waals surface area contributed by atoms with Gasteiger partial charge in [0.1, 0.15) is 11.5 Å². The van der Waals surface area contributed by atoms with Gasteiger partial charge < -0.3 is 5.73 Å². The minimum atomic E-state index is -0.00256. The summed E-state index contributed by atoms with van der Waals surface area (Å²) >= 11 is 0. The lowest BCUT2D eigenvalue weighted by Gasteiger charge is -2.33. The van der Waals surface area contributed by atoms with Crippen LogP contribution < -0.4 is 5.73 Å². The van der Waals surface area contributed by atoms with Crippen molar-refractivity contribution in [1.82, 2.24) is 19.7 Å². The van der Waals surface area contributed by atoms with Gasteiger partial charge in [0.25, 0.3) is 0 Å². The molecule has 2 aliphatic heterocycles. The second kappa shape index (κ2) is 8.32. The molecule has 2 N–H and O–H groups in total. The molecule has 2 aromatic carbocycles. The Morgan fingerprint density at radius 2 is 1.68 bits per heavy atom. The van der Waals surface area contributed by atoms with Crippen molar-refractivity contribution in [3.63, 3.8) is 0 Å². The SMILES string of the molecule is CC1C(c2ccccc2)=C(c2ccc(CN)cc2)N=C2C=Cn3c(-c4ccccn4)nnc3C21. The molecule has 34 heavy (non-hydrogen) atoms. The largest absolute Gasteiger partial charge is 0.326 e. The van der Waals surface area contributed by atoms with Crippen LogP contribution in [0.15, 0.2) is 90.1 Å². The van der Waals surface area contributed by atoms with E-state index in [1.165, 1.54) is 11.1 Å². The number of aromatic nitrogens is 4. The first-order chi connectivity index (χ1) is 16.7. The van der Waals surface area contributed by atoms with Crippen LogP contribution in [-0.4, -0.2) is 25.5 Å². The summed E-state index contributed by atoms with van der Waals surface area (Å²) in [6, 6.07) is 24.7. The molecule has 0 fully saturated rings. The maximum absolute atomic E-state index is 5.83. The molecule has 6 heteroatoms. The zero-order chi connectivity index (χ0) is 23.1. The normalized spacial score (nSPS) is 18.9. The highest BCUT2D eigenvalue weighted by Crippen LogP contribution is 2.46. The topological polar surface area (TPSA) is 82.0 Å². The number of hydrogen-bond acceptors (Lipinski definition) is 5. The maximum Gasteiger partial charge on any atom is 0.186 e. The zero-order valence-corrected chi connectivity index (χ0v) is 18.8. The van der Waals surface area contributed by atoms with E-state index in [4.69, 9.17) is 10.7 Å². The van der Waals surface area contributed by atoms with Gasteiger partial charge in [0.2, 0.25) is 0 Å². The Morgan fingerprint density at radius 3 is 2.41 bits per heavy atom. The second-order valence-electron chi connectivity index (χ2n) is 8.61. The van der Waals surface area contributed by atoms with Crippen LogP contribution in [0.2, 0.25) is 0 Å². The van der Waals surface area contributed by atoms with Gasteiger partial charge in [-0.25, -0.2) is 0 Å². The molecule has 0 saturated heterocycles. The number of aliphatic imine (C=N–C) groups is 1. The monoisotopic (exact) mass is 444 g/mol. The minimum absolute atomic E-state index is 0.00256. The minimum Gasteiger partial charge on any atom is -0.326 e. The Morgan fingerprint density at radius 1 is 0.882 bits per heavy atom. The van der Waals surface area contributed by atoms with Gasteiger partial charge in [-0.15, -0.1) is 10.2 Å². The molecule has 2 aliphatic rings. The summed E-state index contributed by atoms with van der Waals surface area (Å²) in [6.07, 6.45) is 5.86. The van der Waals surface area contributed by atoms with Gasteiger partial charge >= 0.3 is 0 Å². The van der Waals surface area contributed by atoms with E-state index in [0.717, 1.165) is 39.9 Å². The lowest BCUT2D eigenvalue weighted by atomic mass is 9.76. The van der Waals surface area contributed by atoms with Crippen molar-refractivity contribution < 1.29 is 0 Å². The van der Waals surface area contributed by atoms with Crippen molar-refractivity contribution in [3.05, 3.63) is 108 Å². The van der Waals surface area contributed by atoms with Gasteiger partial charge in [-0.05, 0) is 40.8 Å². The fraction of sp³-hybridized carbons (Fsp3) is 0.143. The lowest BCUT2D eigenvalue weighted by molar-refractivity contribution is 0.635. The van der Waals surface area contributed by atoms with Crippen LogP contribution in [0.1, 0.15) is 35.4 Å². The molecule has 166 valence electrons. The predicted octanol–water partition coefficient (Wildman–Crippen LogP) is 5.03. The number of pyridine rings is 1. The molecule has 2 atom stereocenters. The predicted molar refractivity (Wildman–Crippen MR) is 136 cm³/mol. The molecular weight excluding hydrogens is 420 g/mol. The molecule has 0 bridgehead atoms. The first-order valence-corrected chi connectivity index (χ1v) is 11.5. The summed E-state index contributed by atoms with van der Waals surface area (Å²) in [7, 11) is 0. The van der Waals surface area contributed by atoms with E-state index >= 15 is 0 Å². The fourth-order valence-electron chi connectivity index (χ4n) is 4.91. The van der Waals surface area contributed by atoms with Gasteiger partial charge in [-0.2, -0.15) is 0 Å². The van der Waals surface area contributed by atoms with Crippen LogP contribution in [0.3, 0.4) is 0 Å². The molecule has 0 amide bonds. The Bertz CT molecular complexity index is 1430. The van der Waals surface area contributed by atoms with Gasteiger partial charge in [-0.3, -0.25) is 14.5 Å². The standard InChI is InChI=1S/C28H24N6/c1-18-24(20-7-3-2-4-8-20)26(21-12-10-19(17-29)11-13-21)31-22-14-16-34-27(23-9-5-6-15-30-23)32-33-28(34)25(18)22/h2-16,18,25H,17,29H2,1H3. The number of nitrogens with two attached hydrogens (primary N) is 1. The molecule has 0 saturated carbocycles. The highest BCUT2D eigenvalue weighted by molar-refractivity contribution is 6.12. The molecule has 2 unspecified atom stereocenters. The smallest absolute Gasteiger partial charge is 0.186 e. The summed E-state index contributed by atoms with van der Waals surface area (Å²) in [6.45, 7) is 2.78. The lowest BCUT2D eigenvalue weighted by Crippen LogP contribution is -2.29. The average Bonchev–Trinajstić information content (AvgIpc) is 3.34. The molecule has 6 nitrogen and oxygen atoms in total. The fourth-order valence-corrected chi connectivity index (χ4v) is 4.91. The average molecular weight is 445 g/mol. The molecule has 0 spiro atoms.